The number of thioether (sulfide) groups is 1. The average Bonchev–Trinajstić information content (AvgIpc) is 3.24. The minimum atomic E-state index is -1.29. The molecule has 3 fully saturated rings. The Kier molecular flexibility index (Phi) is 8.27. The molecule has 9 heteroatoms. The summed E-state index contributed by atoms with van der Waals surface area (Å²) in [5, 5.41) is 11.8. The number of fused-ring (bicyclic) bond motifs is 5. The average molecular weight is 585 g/mol. The number of hydrogen-bond acceptors (Lipinski definition) is 8. The van der Waals surface area contributed by atoms with Gasteiger partial charge >= 0.3 is 5.97 Å². The van der Waals surface area contributed by atoms with Crippen LogP contribution in [0.1, 0.15) is 65.7 Å². The van der Waals surface area contributed by atoms with Crippen LogP contribution >= 0.6 is 11.8 Å². The van der Waals surface area contributed by atoms with Crippen molar-refractivity contribution in [1.82, 2.24) is 0 Å². The Hall–Kier alpha value is -2.49. The lowest BCUT2D eigenvalue weighted by Crippen LogP contribution is -2.62. The van der Waals surface area contributed by atoms with Gasteiger partial charge in [0.1, 0.15) is 5.82 Å². The van der Waals surface area contributed by atoms with E-state index in [1.165, 1.54) is 24.8 Å². The topological polar surface area (TPSA) is 111 Å². The number of nitrogens with zero attached hydrogens (tertiary/aromatic N) is 1. The van der Waals surface area contributed by atoms with Gasteiger partial charge in [-0.25, -0.2) is 9.38 Å². The van der Waals surface area contributed by atoms with E-state index in [0.29, 0.717) is 24.9 Å². The monoisotopic (exact) mass is 584 g/mol. The maximum absolute atomic E-state index is 13.7. The minimum Gasteiger partial charge on any atom is -0.449 e. The van der Waals surface area contributed by atoms with Crippen LogP contribution in [-0.2, 0) is 19.1 Å². The second-order valence-electron chi connectivity index (χ2n) is 12.5. The van der Waals surface area contributed by atoms with Crippen LogP contribution in [0, 0.1) is 34.4 Å². The van der Waals surface area contributed by atoms with Gasteiger partial charge in [0.05, 0.1) is 23.4 Å². The van der Waals surface area contributed by atoms with Crippen LogP contribution in [0.2, 0.25) is 0 Å². The Labute approximate surface area is 245 Å². The summed E-state index contributed by atoms with van der Waals surface area (Å²) in [5.41, 5.74) is 7.38. The van der Waals surface area contributed by atoms with Gasteiger partial charge in [-0.15, -0.1) is 0 Å². The third-order valence-electron chi connectivity index (χ3n) is 10.5. The molecule has 0 aliphatic heterocycles. The van der Waals surface area contributed by atoms with E-state index in [2.05, 4.69) is 13.0 Å². The van der Waals surface area contributed by atoms with E-state index in [-0.39, 0.29) is 46.5 Å². The summed E-state index contributed by atoms with van der Waals surface area (Å²) in [6, 6.07) is 6.08. The van der Waals surface area contributed by atoms with Crippen molar-refractivity contribution in [3.63, 3.8) is 0 Å². The molecule has 222 valence electrons. The fraction of sp³-hybridized carbons (Fsp3) is 0.594. The minimum absolute atomic E-state index is 0.0395. The molecule has 3 unspecified atom stereocenters. The van der Waals surface area contributed by atoms with E-state index in [9.17, 15) is 19.1 Å². The molecule has 0 spiro atoms. The first-order valence-corrected chi connectivity index (χ1v) is 15.5. The van der Waals surface area contributed by atoms with E-state index >= 15 is 0 Å². The Bertz CT molecular complexity index is 1300. The largest absolute Gasteiger partial charge is 0.449 e. The van der Waals surface area contributed by atoms with Crippen LogP contribution < -0.4 is 5.73 Å². The number of allylic oxidation sites excluding steroid dienone is 3. The van der Waals surface area contributed by atoms with Crippen LogP contribution in [0.25, 0.3) is 0 Å². The molecule has 4 aliphatic rings. The Morgan fingerprint density at radius 3 is 2.63 bits per heavy atom. The van der Waals surface area contributed by atoms with E-state index in [4.69, 9.17) is 20.2 Å². The zero-order valence-electron chi connectivity index (χ0n) is 24.3. The predicted molar refractivity (Wildman–Crippen MR) is 158 cm³/mol. The first kappa shape index (κ1) is 30.0. The molecule has 41 heavy (non-hydrogen) atoms. The van der Waals surface area contributed by atoms with Gasteiger partial charge in [0.25, 0.3) is 0 Å². The number of carbonyl (C=O) groups excluding carboxylic acids is 2. The number of carbonyl (C=O) groups is 2. The molecule has 4 aliphatic carbocycles. The fourth-order valence-corrected chi connectivity index (χ4v) is 9.45. The van der Waals surface area contributed by atoms with Gasteiger partial charge in [0, 0.05) is 18.9 Å². The number of aliphatic hydroxyl groups is 1. The van der Waals surface area contributed by atoms with E-state index in [0.717, 1.165) is 42.3 Å². The summed E-state index contributed by atoms with van der Waals surface area (Å²) >= 11 is 1.05. The first-order valence-electron chi connectivity index (χ1n) is 14.6. The SMILES string of the molecule is CCC(=O)O[C@]1(C(=O)SCOC)CCC2[C@@H]3CCC4=CC(=Nc5ccc(F)cc5)C(=CN)C[C@]4(C)C3C(O)C[C@@]21C. The van der Waals surface area contributed by atoms with Crippen molar-refractivity contribution < 1.29 is 28.6 Å². The number of hydrogen-bond donors (Lipinski definition) is 2. The zero-order chi connectivity index (χ0) is 29.6. The Morgan fingerprint density at radius 2 is 1.98 bits per heavy atom. The highest BCUT2D eigenvalue weighted by Gasteiger charge is 2.70. The number of nitrogens with two attached hydrogens (primary N) is 1. The van der Waals surface area contributed by atoms with Gasteiger partial charge in [-0.05, 0) is 104 Å². The molecule has 0 saturated heterocycles. The second-order valence-corrected chi connectivity index (χ2v) is 13.4. The van der Waals surface area contributed by atoms with Crippen molar-refractivity contribution in [3.05, 3.63) is 53.5 Å². The van der Waals surface area contributed by atoms with E-state index in [1.807, 2.05) is 6.92 Å². The van der Waals surface area contributed by atoms with Crippen molar-refractivity contribution in [3.8, 4) is 0 Å². The van der Waals surface area contributed by atoms with Crippen molar-refractivity contribution in [2.24, 2.45) is 39.3 Å². The molecule has 0 heterocycles. The highest BCUT2D eigenvalue weighted by molar-refractivity contribution is 8.13. The molecular weight excluding hydrogens is 543 g/mol. The van der Waals surface area contributed by atoms with Gasteiger partial charge in [0.15, 0.2) is 5.60 Å². The third-order valence-corrected chi connectivity index (χ3v) is 11.4. The van der Waals surface area contributed by atoms with Gasteiger partial charge in [0.2, 0.25) is 5.12 Å². The second kappa shape index (κ2) is 11.3. The number of rotatable bonds is 6. The standard InChI is InChI=1S/C32H41FN2O5S/c1-5-27(37)40-32(29(38)41-18-39-4)13-12-24-23-11-6-20-14-25(35-22-9-7-21(33)8-10-22)19(17-34)15-30(20,2)28(23)26(36)16-31(24,32)3/h7-10,14,17,23-24,26,28,36H,5-6,11-13,15-16,18,34H2,1-4H3/t23-,24?,26?,28?,30-,31-,32-/m0/s1. The number of methoxy groups -OCH3 is 1. The molecule has 1 aromatic carbocycles. The molecule has 0 amide bonds. The molecule has 0 radical (unpaired) electrons. The lowest BCUT2D eigenvalue weighted by atomic mass is 9.45. The fourth-order valence-electron chi connectivity index (χ4n) is 8.62. The maximum Gasteiger partial charge on any atom is 0.306 e. The number of aliphatic hydroxyl groups excluding tert-OH is 1. The smallest absolute Gasteiger partial charge is 0.306 e. The molecule has 1 aromatic rings. The summed E-state index contributed by atoms with van der Waals surface area (Å²) in [5.74, 6) is -0.291. The van der Waals surface area contributed by atoms with Gasteiger partial charge in [-0.3, -0.25) is 9.59 Å². The number of ether oxygens (including phenoxy) is 2. The van der Waals surface area contributed by atoms with Gasteiger partial charge in [-0.2, -0.15) is 0 Å². The van der Waals surface area contributed by atoms with Crippen LogP contribution in [0.15, 0.2) is 52.7 Å². The highest BCUT2D eigenvalue weighted by Crippen LogP contribution is 2.69. The summed E-state index contributed by atoms with van der Waals surface area (Å²) in [7, 11) is 1.54. The number of benzene rings is 1. The zero-order valence-corrected chi connectivity index (χ0v) is 25.1. The van der Waals surface area contributed by atoms with Gasteiger partial charge < -0.3 is 20.3 Å². The summed E-state index contributed by atoms with van der Waals surface area (Å²) in [4.78, 5) is 31.2. The summed E-state index contributed by atoms with van der Waals surface area (Å²) in [6.45, 7) is 6.00. The molecule has 7 nitrogen and oxygen atoms in total. The molecule has 5 rings (SSSR count). The van der Waals surface area contributed by atoms with Crippen molar-refractivity contribution in [1.29, 1.82) is 0 Å². The Balaban J connectivity index is 1.51. The van der Waals surface area contributed by atoms with Crippen LogP contribution in [0.3, 0.4) is 0 Å². The lowest BCUT2D eigenvalue weighted by molar-refractivity contribution is -0.196. The van der Waals surface area contributed by atoms with Crippen LogP contribution in [0.4, 0.5) is 10.1 Å². The summed E-state index contributed by atoms with van der Waals surface area (Å²) in [6.07, 6.45) is 7.11. The highest BCUT2D eigenvalue weighted by atomic mass is 32.2. The first-order chi connectivity index (χ1) is 19.5. The molecule has 3 saturated carbocycles. The number of halogens is 1. The normalized spacial score (nSPS) is 38.1. The van der Waals surface area contributed by atoms with Crippen LogP contribution in [0.5, 0.6) is 0 Å². The molecule has 7 atom stereocenters. The number of aliphatic imine (C=N–C) groups is 1. The molecular formula is C32H41FN2O5S. The molecule has 0 bridgehead atoms. The third kappa shape index (κ3) is 4.87. The van der Waals surface area contributed by atoms with Crippen molar-refractivity contribution >= 4 is 34.2 Å². The lowest BCUT2D eigenvalue weighted by Gasteiger charge is -2.60. The molecule has 0 aromatic heterocycles. The van der Waals surface area contributed by atoms with E-state index < -0.39 is 23.1 Å². The number of esters is 1. The van der Waals surface area contributed by atoms with Gasteiger partial charge in [-0.1, -0.05) is 38.1 Å². The Morgan fingerprint density at radius 1 is 1.24 bits per heavy atom. The van der Waals surface area contributed by atoms with E-state index in [1.54, 1.807) is 25.3 Å². The molecule has 3 N–H and O–H groups in total. The van der Waals surface area contributed by atoms with Crippen molar-refractivity contribution in [2.45, 2.75) is 77.4 Å². The van der Waals surface area contributed by atoms with Crippen molar-refractivity contribution in [2.75, 3.05) is 13.0 Å². The predicted octanol–water partition coefficient (Wildman–Crippen LogP) is 5.84. The summed E-state index contributed by atoms with van der Waals surface area (Å²) < 4.78 is 24.7. The van der Waals surface area contributed by atoms with Crippen LogP contribution in [-0.4, -0.2) is 46.7 Å². The maximum atomic E-state index is 13.7. The quantitative estimate of drug-likeness (QED) is 0.319.